The molecule has 22 heavy (non-hydrogen) atoms. The second kappa shape index (κ2) is 6.11. The molecule has 0 aliphatic carbocycles. The number of nitrogens with zero attached hydrogens (tertiary/aromatic N) is 2. The van der Waals surface area contributed by atoms with Crippen molar-refractivity contribution in [1.82, 2.24) is 9.62 Å². The third kappa shape index (κ3) is 2.83. The lowest BCUT2D eigenvalue weighted by molar-refractivity contribution is -0.385. The molecule has 0 bridgehead atoms. The second-order valence-electron chi connectivity index (χ2n) is 5.71. The Kier molecular flexibility index (Phi) is 4.76. The maximum atomic E-state index is 12.7. The van der Waals surface area contributed by atoms with Crippen molar-refractivity contribution in [2.24, 2.45) is 11.8 Å². The van der Waals surface area contributed by atoms with Crippen molar-refractivity contribution in [3.05, 3.63) is 33.9 Å². The zero-order valence-corrected chi connectivity index (χ0v) is 13.7. The van der Waals surface area contributed by atoms with E-state index in [4.69, 9.17) is 0 Å². The van der Waals surface area contributed by atoms with Crippen molar-refractivity contribution in [1.29, 1.82) is 0 Å². The molecule has 2 fully saturated rings. The summed E-state index contributed by atoms with van der Waals surface area (Å²) in [6, 6.07) is 3.98. The maximum absolute atomic E-state index is 12.7. The van der Waals surface area contributed by atoms with Gasteiger partial charge in [-0.1, -0.05) is 6.07 Å². The second-order valence-corrected chi connectivity index (χ2v) is 7.61. The Labute approximate surface area is 135 Å². The Morgan fingerprint density at radius 3 is 2.41 bits per heavy atom. The Bertz CT molecular complexity index is 683. The quantitative estimate of drug-likeness (QED) is 0.654. The molecule has 7 nitrogen and oxygen atoms in total. The van der Waals surface area contributed by atoms with E-state index in [0.29, 0.717) is 30.5 Å². The Hall–Kier alpha value is -1.22. The number of non-ortho nitro benzene ring substituents is 1. The summed E-state index contributed by atoms with van der Waals surface area (Å²) in [5.74, 6) is 0.692. The molecule has 1 N–H and O–H groups in total. The number of hydrogen-bond acceptors (Lipinski definition) is 5. The number of nitro benzene ring substituents is 1. The zero-order valence-electron chi connectivity index (χ0n) is 12.1. The highest BCUT2D eigenvalue weighted by molar-refractivity contribution is 7.89. The first-order valence-electron chi connectivity index (χ1n) is 6.85. The number of hydrogen-bond donors (Lipinski definition) is 1. The largest absolute Gasteiger partial charge is 0.316 e. The Morgan fingerprint density at radius 2 is 1.86 bits per heavy atom. The first-order valence-corrected chi connectivity index (χ1v) is 8.29. The number of nitrogens with one attached hydrogen (secondary N) is 1. The van der Waals surface area contributed by atoms with Crippen LogP contribution < -0.4 is 5.32 Å². The third-order valence-electron chi connectivity index (χ3n) is 4.36. The molecule has 2 heterocycles. The Morgan fingerprint density at radius 1 is 1.27 bits per heavy atom. The van der Waals surface area contributed by atoms with E-state index in [9.17, 15) is 18.5 Å². The van der Waals surface area contributed by atoms with E-state index >= 15 is 0 Å². The molecular weight excluding hydrogens is 330 g/mol. The van der Waals surface area contributed by atoms with Crippen LogP contribution in [-0.4, -0.2) is 43.8 Å². The van der Waals surface area contributed by atoms with Crippen molar-refractivity contribution in [2.45, 2.75) is 11.8 Å². The summed E-state index contributed by atoms with van der Waals surface area (Å²) >= 11 is 0. The highest BCUT2D eigenvalue weighted by atomic mass is 35.5. The smallest absolute Gasteiger partial charge is 0.270 e. The summed E-state index contributed by atoms with van der Waals surface area (Å²) in [5, 5.41) is 14.1. The molecule has 1 aromatic rings. The molecular formula is C13H18ClN3O4S. The van der Waals surface area contributed by atoms with E-state index in [1.54, 1.807) is 6.92 Å². The van der Waals surface area contributed by atoms with E-state index in [2.05, 4.69) is 5.32 Å². The number of aryl methyl sites for hydroxylation is 1. The normalized spacial score (nSPS) is 24.8. The van der Waals surface area contributed by atoms with E-state index in [-0.39, 0.29) is 23.0 Å². The van der Waals surface area contributed by atoms with E-state index in [0.717, 1.165) is 19.2 Å². The average molecular weight is 348 g/mol. The lowest BCUT2D eigenvalue weighted by Crippen LogP contribution is -2.32. The molecule has 0 radical (unpaired) electrons. The van der Waals surface area contributed by atoms with E-state index in [1.807, 2.05) is 0 Å². The molecule has 0 unspecified atom stereocenters. The third-order valence-corrected chi connectivity index (χ3v) is 6.33. The summed E-state index contributed by atoms with van der Waals surface area (Å²) in [7, 11) is -3.67. The minimum absolute atomic E-state index is 0. The molecule has 3 rings (SSSR count). The van der Waals surface area contributed by atoms with Crippen LogP contribution in [0, 0.1) is 28.9 Å². The summed E-state index contributed by atoms with van der Waals surface area (Å²) in [5.41, 5.74) is 0.344. The molecule has 1 aromatic carbocycles. The summed E-state index contributed by atoms with van der Waals surface area (Å²) in [6.07, 6.45) is 0. The minimum atomic E-state index is -3.67. The van der Waals surface area contributed by atoms with Gasteiger partial charge in [0.1, 0.15) is 0 Å². The van der Waals surface area contributed by atoms with Crippen molar-refractivity contribution >= 4 is 28.1 Å². The monoisotopic (exact) mass is 347 g/mol. The molecule has 0 aromatic heterocycles. The molecule has 2 atom stereocenters. The van der Waals surface area contributed by atoms with Gasteiger partial charge in [0.25, 0.3) is 5.69 Å². The minimum Gasteiger partial charge on any atom is -0.316 e. The molecule has 0 saturated carbocycles. The van der Waals surface area contributed by atoms with Gasteiger partial charge in [-0.3, -0.25) is 10.1 Å². The predicted molar refractivity (Wildman–Crippen MR) is 83.7 cm³/mol. The van der Waals surface area contributed by atoms with Crippen molar-refractivity contribution in [3.8, 4) is 0 Å². The zero-order chi connectivity index (χ0) is 15.2. The van der Waals surface area contributed by atoms with Gasteiger partial charge in [-0.25, -0.2) is 8.42 Å². The van der Waals surface area contributed by atoms with Crippen LogP contribution in [0.25, 0.3) is 0 Å². The number of rotatable bonds is 3. The van der Waals surface area contributed by atoms with E-state index in [1.165, 1.54) is 16.4 Å². The van der Waals surface area contributed by atoms with Crippen LogP contribution in [0.1, 0.15) is 5.56 Å². The number of halogens is 1. The standard InChI is InChI=1S/C13H17N3O4S.ClH/c1-9-2-3-12(16(17)18)4-13(9)21(19,20)15-7-10-5-14-6-11(10)8-15;/h2-4,10-11,14H,5-8H2,1H3;1H/t10-,11+;. The molecule has 9 heteroatoms. The van der Waals surface area contributed by atoms with Gasteiger partial charge in [0.05, 0.1) is 9.82 Å². The van der Waals surface area contributed by atoms with Crippen LogP contribution in [0.5, 0.6) is 0 Å². The van der Waals surface area contributed by atoms with Gasteiger partial charge in [-0.2, -0.15) is 4.31 Å². The molecule has 0 spiro atoms. The first kappa shape index (κ1) is 17.1. The summed E-state index contributed by atoms with van der Waals surface area (Å²) < 4.78 is 27.0. The number of nitro groups is 1. The van der Waals surface area contributed by atoms with E-state index < -0.39 is 14.9 Å². The van der Waals surface area contributed by atoms with Gasteiger partial charge in [0, 0.05) is 25.2 Å². The highest BCUT2D eigenvalue weighted by Crippen LogP contribution is 2.32. The van der Waals surface area contributed by atoms with Crippen LogP contribution in [0.2, 0.25) is 0 Å². The molecule has 2 aliphatic heterocycles. The van der Waals surface area contributed by atoms with Gasteiger partial charge in [-0.15, -0.1) is 12.4 Å². The Balaban J connectivity index is 0.00000176. The fraction of sp³-hybridized carbons (Fsp3) is 0.538. The number of sulfonamides is 1. The number of fused-ring (bicyclic) bond motifs is 1. The SMILES string of the molecule is Cc1ccc([N+](=O)[O-])cc1S(=O)(=O)N1C[C@H]2CNC[C@H]2C1.Cl. The van der Waals surface area contributed by atoms with Gasteiger partial charge in [0.2, 0.25) is 10.0 Å². The van der Waals surface area contributed by atoms with Gasteiger partial charge < -0.3 is 5.32 Å². The highest BCUT2D eigenvalue weighted by Gasteiger charge is 2.42. The van der Waals surface area contributed by atoms with Gasteiger partial charge in [0.15, 0.2) is 0 Å². The molecule has 2 saturated heterocycles. The van der Waals surface area contributed by atoms with Crippen LogP contribution in [0.4, 0.5) is 5.69 Å². The lowest BCUT2D eigenvalue weighted by Gasteiger charge is -2.18. The van der Waals surface area contributed by atoms with Crippen molar-refractivity contribution in [3.63, 3.8) is 0 Å². The van der Waals surface area contributed by atoms with Gasteiger partial charge >= 0.3 is 0 Å². The van der Waals surface area contributed by atoms with Gasteiger partial charge in [-0.05, 0) is 37.4 Å². The fourth-order valence-corrected chi connectivity index (χ4v) is 4.93. The van der Waals surface area contributed by atoms with Crippen LogP contribution in [0.15, 0.2) is 23.1 Å². The van der Waals surface area contributed by atoms with Crippen LogP contribution in [0.3, 0.4) is 0 Å². The topological polar surface area (TPSA) is 92.5 Å². The average Bonchev–Trinajstić information content (AvgIpc) is 2.99. The van der Waals surface area contributed by atoms with Crippen molar-refractivity contribution in [2.75, 3.05) is 26.2 Å². The van der Waals surface area contributed by atoms with Crippen LogP contribution >= 0.6 is 12.4 Å². The summed E-state index contributed by atoms with van der Waals surface area (Å²) in [4.78, 5) is 10.3. The lowest BCUT2D eigenvalue weighted by atomic mass is 10.0. The summed E-state index contributed by atoms with van der Waals surface area (Å²) in [6.45, 7) is 4.31. The maximum Gasteiger partial charge on any atom is 0.270 e. The first-order chi connectivity index (χ1) is 9.89. The van der Waals surface area contributed by atoms with Crippen molar-refractivity contribution < 1.29 is 13.3 Å². The predicted octanol–water partition coefficient (Wildman–Crippen LogP) is 1.16. The fourth-order valence-electron chi connectivity index (χ4n) is 3.13. The number of benzene rings is 1. The van der Waals surface area contributed by atoms with Crippen LogP contribution in [-0.2, 0) is 10.0 Å². The molecule has 0 amide bonds. The molecule has 2 aliphatic rings. The molecule has 122 valence electrons.